The van der Waals surface area contributed by atoms with Crippen molar-refractivity contribution in [3.05, 3.63) is 100 Å². The SMILES string of the molecule is C[C@@H](ONC(=O)C1=CCN(c2ccc(-c3ncc4ccccc4n3)cc2)CC1)c1c[nH]c(=O)c(C(F)(F)F)c1. The van der Waals surface area contributed by atoms with Crippen LogP contribution in [0.1, 0.15) is 30.6 Å². The molecule has 39 heavy (non-hydrogen) atoms. The second-order valence-electron chi connectivity index (χ2n) is 9.09. The molecule has 4 aromatic rings. The number of amides is 1. The molecule has 11 heteroatoms. The average molecular weight is 536 g/mol. The zero-order chi connectivity index (χ0) is 27.6. The molecule has 1 atom stereocenters. The summed E-state index contributed by atoms with van der Waals surface area (Å²) >= 11 is 0. The lowest BCUT2D eigenvalue weighted by Gasteiger charge is -2.28. The van der Waals surface area contributed by atoms with E-state index in [-0.39, 0.29) is 5.56 Å². The van der Waals surface area contributed by atoms with Crippen molar-refractivity contribution < 1.29 is 22.8 Å². The molecule has 8 nitrogen and oxygen atoms in total. The first-order valence-corrected chi connectivity index (χ1v) is 12.2. The summed E-state index contributed by atoms with van der Waals surface area (Å²) in [6, 6.07) is 16.4. The molecule has 0 spiro atoms. The van der Waals surface area contributed by atoms with Crippen molar-refractivity contribution >= 4 is 22.5 Å². The predicted molar refractivity (Wildman–Crippen MR) is 140 cm³/mol. The smallest absolute Gasteiger partial charge is 0.367 e. The van der Waals surface area contributed by atoms with Crippen LogP contribution in [-0.4, -0.2) is 33.9 Å². The molecule has 0 bridgehead atoms. The number of hydrogen-bond donors (Lipinski definition) is 2. The predicted octanol–water partition coefficient (Wildman–Crippen LogP) is 4.95. The van der Waals surface area contributed by atoms with Crippen molar-refractivity contribution in [1.82, 2.24) is 20.4 Å². The summed E-state index contributed by atoms with van der Waals surface area (Å²) in [6.07, 6.45) is -0.541. The number of aromatic nitrogens is 3. The highest BCUT2D eigenvalue weighted by Gasteiger charge is 2.34. The van der Waals surface area contributed by atoms with Gasteiger partial charge in [-0.3, -0.25) is 14.4 Å². The van der Waals surface area contributed by atoms with Gasteiger partial charge < -0.3 is 9.88 Å². The number of nitrogens with zero attached hydrogens (tertiary/aromatic N) is 3. The molecule has 200 valence electrons. The van der Waals surface area contributed by atoms with E-state index < -0.39 is 29.3 Å². The average Bonchev–Trinajstić information content (AvgIpc) is 2.95. The second kappa shape index (κ2) is 10.7. The number of alkyl halides is 3. The number of H-pyrrole nitrogens is 1. The lowest BCUT2D eigenvalue weighted by Crippen LogP contribution is -2.34. The van der Waals surface area contributed by atoms with Crippen LogP contribution >= 0.6 is 0 Å². The maximum atomic E-state index is 13.0. The van der Waals surface area contributed by atoms with Gasteiger partial charge in [0.05, 0.1) is 5.52 Å². The van der Waals surface area contributed by atoms with E-state index in [1.165, 1.54) is 6.92 Å². The fourth-order valence-electron chi connectivity index (χ4n) is 4.26. The van der Waals surface area contributed by atoms with Crippen LogP contribution < -0.4 is 15.9 Å². The van der Waals surface area contributed by atoms with Gasteiger partial charge in [-0.05, 0) is 49.7 Å². The van der Waals surface area contributed by atoms with Crippen molar-refractivity contribution in [2.45, 2.75) is 25.6 Å². The van der Waals surface area contributed by atoms with Crippen LogP contribution in [0.2, 0.25) is 0 Å². The number of pyridine rings is 1. The Hall–Kier alpha value is -4.51. The first-order valence-electron chi connectivity index (χ1n) is 12.2. The Morgan fingerprint density at radius 2 is 1.92 bits per heavy atom. The molecule has 1 aliphatic rings. The van der Waals surface area contributed by atoms with Crippen LogP contribution in [-0.2, 0) is 15.8 Å². The minimum absolute atomic E-state index is 0.0727. The molecule has 2 N–H and O–H groups in total. The molecule has 0 unspecified atom stereocenters. The van der Waals surface area contributed by atoms with Gasteiger partial charge in [-0.15, -0.1) is 0 Å². The molecule has 0 saturated carbocycles. The zero-order valence-corrected chi connectivity index (χ0v) is 20.8. The number of carbonyl (C=O) groups is 1. The van der Waals surface area contributed by atoms with Gasteiger partial charge in [-0.1, -0.05) is 24.3 Å². The third-order valence-electron chi connectivity index (χ3n) is 6.51. The summed E-state index contributed by atoms with van der Waals surface area (Å²) in [7, 11) is 0. The number of halogens is 3. The third kappa shape index (κ3) is 5.83. The van der Waals surface area contributed by atoms with Crippen LogP contribution in [0.25, 0.3) is 22.3 Å². The lowest BCUT2D eigenvalue weighted by atomic mass is 10.1. The number of carbonyl (C=O) groups excluding carboxylic acids is 1. The Balaban J connectivity index is 1.18. The molecule has 1 aliphatic heterocycles. The lowest BCUT2D eigenvalue weighted by molar-refractivity contribution is -0.139. The molecule has 0 aliphatic carbocycles. The van der Waals surface area contributed by atoms with Crippen molar-refractivity contribution in [1.29, 1.82) is 0 Å². The highest BCUT2D eigenvalue weighted by atomic mass is 19.4. The van der Waals surface area contributed by atoms with E-state index in [1.807, 2.05) is 48.5 Å². The highest BCUT2D eigenvalue weighted by Crippen LogP contribution is 2.28. The topological polar surface area (TPSA) is 100 Å². The van der Waals surface area contributed by atoms with E-state index in [4.69, 9.17) is 4.84 Å². The number of fused-ring (bicyclic) bond motifs is 1. The Labute approximate surface area is 221 Å². The fourth-order valence-corrected chi connectivity index (χ4v) is 4.26. The van der Waals surface area contributed by atoms with Gasteiger partial charge in [-0.25, -0.2) is 15.4 Å². The maximum Gasteiger partial charge on any atom is 0.421 e. The maximum absolute atomic E-state index is 13.0. The van der Waals surface area contributed by atoms with Crippen molar-refractivity contribution in [2.75, 3.05) is 18.0 Å². The van der Waals surface area contributed by atoms with E-state index in [9.17, 15) is 22.8 Å². The summed E-state index contributed by atoms with van der Waals surface area (Å²) < 4.78 is 39.0. The Morgan fingerprint density at radius 1 is 1.15 bits per heavy atom. The summed E-state index contributed by atoms with van der Waals surface area (Å²) in [4.78, 5) is 42.6. The minimum atomic E-state index is -4.80. The number of para-hydroxylation sites is 1. The number of nitrogens with one attached hydrogen (secondary N) is 2. The molecule has 0 saturated heterocycles. The largest absolute Gasteiger partial charge is 0.421 e. The van der Waals surface area contributed by atoms with E-state index in [1.54, 1.807) is 12.3 Å². The fraction of sp³-hybridized carbons (Fsp3) is 0.214. The van der Waals surface area contributed by atoms with Crippen molar-refractivity contribution in [3.63, 3.8) is 0 Å². The molecular formula is C28H24F3N5O3. The van der Waals surface area contributed by atoms with E-state index in [0.717, 1.165) is 28.4 Å². The molecule has 5 rings (SSSR count). The third-order valence-corrected chi connectivity index (χ3v) is 6.51. The van der Waals surface area contributed by atoms with Gasteiger partial charge in [0.25, 0.3) is 11.5 Å². The normalized spacial score (nSPS) is 14.7. The van der Waals surface area contributed by atoms with Crippen LogP contribution in [0.4, 0.5) is 18.9 Å². The Bertz CT molecular complexity index is 1600. The van der Waals surface area contributed by atoms with Gasteiger partial charge in [0, 0.05) is 53.3 Å². The number of aromatic amines is 1. The second-order valence-corrected chi connectivity index (χ2v) is 9.09. The van der Waals surface area contributed by atoms with Crippen LogP contribution in [0.15, 0.2) is 83.4 Å². The van der Waals surface area contributed by atoms with Gasteiger partial charge in [0.1, 0.15) is 11.7 Å². The summed E-state index contributed by atoms with van der Waals surface area (Å²) in [5.41, 5.74) is 3.08. The first-order chi connectivity index (χ1) is 18.7. The summed E-state index contributed by atoms with van der Waals surface area (Å²) in [6.45, 7) is 2.56. The van der Waals surface area contributed by atoms with Gasteiger partial charge in [0.2, 0.25) is 0 Å². The van der Waals surface area contributed by atoms with Gasteiger partial charge in [0.15, 0.2) is 5.82 Å². The Morgan fingerprint density at radius 3 is 2.64 bits per heavy atom. The van der Waals surface area contributed by atoms with Crippen LogP contribution in [0, 0.1) is 0 Å². The van der Waals surface area contributed by atoms with E-state index in [0.29, 0.717) is 37.0 Å². The number of rotatable bonds is 6. The van der Waals surface area contributed by atoms with Crippen LogP contribution in [0.3, 0.4) is 0 Å². The number of hydroxylamine groups is 1. The number of benzene rings is 2. The van der Waals surface area contributed by atoms with E-state index in [2.05, 4.69) is 25.3 Å². The highest BCUT2D eigenvalue weighted by molar-refractivity contribution is 5.93. The van der Waals surface area contributed by atoms with Crippen molar-refractivity contribution in [3.8, 4) is 11.4 Å². The summed E-state index contributed by atoms with van der Waals surface area (Å²) in [5, 5.41) is 0.977. The standard InChI is InChI=1S/C28H24F3N5O3/c1-17(21-14-23(28(29,30)31)27(38)33-16-21)39-35-26(37)19-10-12-36(13-11-19)22-8-6-18(7-9-22)25-32-15-20-4-2-3-5-24(20)34-25/h2-10,14-17H,11-13H2,1H3,(H,33,38)(H,35,37)/t17-/m1/s1. The van der Waals surface area contributed by atoms with Gasteiger partial charge >= 0.3 is 6.18 Å². The number of hydrogen-bond acceptors (Lipinski definition) is 6. The molecule has 2 aromatic heterocycles. The molecule has 1 amide bonds. The zero-order valence-electron chi connectivity index (χ0n) is 20.8. The minimum Gasteiger partial charge on any atom is -0.367 e. The van der Waals surface area contributed by atoms with E-state index >= 15 is 0 Å². The molecule has 3 heterocycles. The van der Waals surface area contributed by atoms with Crippen molar-refractivity contribution in [2.24, 2.45) is 0 Å². The summed E-state index contributed by atoms with van der Waals surface area (Å²) in [5.74, 6) is 0.175. The molecular weight excluding hydrogens is 511 g/mol. The monoisotopic (exact) mass is 535 g/mol. The van der Waals surface area contributed by atoms with Crippen LogP contribution in [0.5, 0.6) is 0 Å². The Kier molecular flexibility index (Phi) is 7.16. The first kappa shape index (κ1) is 26.1. The molecule has 0 radical (unpaired) electrons. The molecule has 2 aromatic carbocycles. The quantitative estimate of drug-likeness (QED) is 0.339. The molecule has 0 fully saturated rings. The number of anilines is 1. The van der Waals surface area contributed by atoms with Gasteiger partial charge in [-0.2, -0.15) is 13.2 Å².